The molecule has 0 amide bonds. The average molecular weight is 277 g/mol. The second-order valence-corrected chi connectivity index (χ2v) is 6.72. The summed E-state index contributed by atoms with van der Waals surface area (Å²) >= 11 is 0. The molecule has 2 fully saturated rings. The molecule has 2 aliphatic rings. The normalized spacial score (nSPS) is 33.2. The van der Waals surface area contributed by atoms with Gasteiger partial charge in [0.2, 0.25) is 0 Å². The molecular weight excluding hydrogens is 246 g/mol. The van der Waals surface area contributed by atoms with Gasteiger partial charge in [0.25, 0.3) is 0 Å². The fraction of sp³-hybridized carbons (Fsp3) is 0.941. The predicted molar refractivity (Wildman–Crippen MR) is 83.4 cm³/mol. The zero-order valence-electron chi connectivity index (χ0n) is 13.5. The molecule has 0 aromatic rings. The highest BCUT2D eigenvalue weighted by Crippen LogP contribution is 2.35. The Kier molecular flexibility index (Phi) is 5.86. The van der Waals surface area contributed by atoms with E-state index >= 15 is 0 Å². The van der Waals surface area contributed by atoms with Crippen molar-refractivity contribution in [3.63, 3.8) is 0 Å². The minimum absolute atomic E-state index is 0.256. The second-order valence-electron chi connectivity index (χ2n) is 6.72. The maximum Gasteiger partial charge on any atom is 0.0672 e. The first-order valence-corrected chi connectivity index (χ1v) is 8.53. The highest BCUT2D eigenvalue weighted by Gasteiger charge is 2.35. The summed E-state index contributed by atoms with van der Waals surface area (Å²) in [5.74, 6) is 1.09. The van der Waals surface area contributed by atoms with Crippen molar-refractivity contribution < 1.29 is 0 Å². The smallest absolute Gasteiger partial charge is 0.0672 e. The van der Waals surface area contributed by atoms with Crippen molar-refractivity contribution in [1.82, 2.24) is 9.80 Å². The lowest BCUT2D eigenvalue weighted by molar-refractivity contribution is 0.0518. The van der Waals surface area contributed by atoms with E-state index in [0.717, 1.165) is 12.3 Å². The highest BCUT2D eigenvalue weighted by molar-refractivity contribution is 4.98. The summed E-state index contributed by atoms with van der Waals surface area (Å²) < 4.78 is 0. The van der Waals surface area contributed by atoms with Crippen molar-refractivity contribution in [2.75, 3.05) is 26.7 Å². The summed E-state index contributed by atoms with van der Waals surface area (Å²) in [6.45, 7) is 8.19. The molecule has 1 heterocycles. The Morgan fingerprint density at radius 3 is 2.40 bits per heavy atom. The summed E-state index contributed by atoms with van der Waals surface area (Å²) in [6.07, 6.45) is 7.42. The highest BCUT2D eigenvalue weighted by atomic mass is 15.2. The SMILES string of the molecule is CCC1CCC(C#N)C(N(C)C2CCN(CC)CC2)C1. The molecule has 1 aliphatic carbocycles. The van der Waals surface area contributed by atoms with E-state index in [1.807, 2.05) is 0 Å². The Labute approximate surface area is 124 Å². The molecular formula is C17H31N3. The quantitative estimate of drug-likeness (QED) is 0.791. The summed E-state index contributed by atoms with van der Waals surface area (Å²) in [6, 6.07) is 3.77. The van der Waals surface area contributed by atoms with E-state index in [4.69, 9.17) is 0 Å². The standard InChI is InChI=1S/C17H31N3/c1-4-14-6-7-15(13-18)17(12-14)19(3)16-8-10-20(5-2)11-9-16/h14-17H,4-12H2,1-3H3. The van der Waals surface area contributed by atoms with Crippen LogP contribution in [0.1, 0.15) is 52.4 Å². The first-order chi connectivity index (χ1) is 9.69. The Bertz CT molecular complexity index is 328. The van der Waals surface area contributed by atoms with Gasteiger partial charge in [-0.3, -0.25) is 4.90 Å². The van der Waals surface area contributed by atoms with Gasteiger partial charge in [0, 0.05) is 12.1 Å². The van der Waals surface area contributed by atoms with Crippen molar-refractivity contribution in [2.45, 2.75) is 64.5 Å². The third-order valence-electron chi connectivity index (χ3n) is 5.77. The van der Waals surface area contributed by atoms with E-state index in [-0.39, 0.29) is 5.92 Å². The van der Waals surface area contributed by atoms with Crippen LogP contribution in [0.3, 0.4) is 0 Å². The van der Waals surface area contributed by atoms with Crippen molar-refractivity contribution in [2.24, 2.45) is 11.8 Å². The van der Waals surface area contributed by atoms with Crippen LogP contribution in [-0.2, 0) is 0 Å². The summed E-state index contributed by atoms with van der Waals surface area (Å²) in [7, 11) is 2.28. The predicted octanol–water partition coefficient (Wildman–Crippen LogP) is 3.12. The van der Waals surface area contributed by atoms with Crippen LogP contribution in [0, 0.1) is 23.2 Å². The molecule has 3 unspecified atom stereocenters. The molecule has 114 valence electrons. The zero-order chi connectivity index (χ0) is 14.5. The molecule has 1 saturated carbocycles. The van der Waals surface area contributed by atoms with E-state index in [1.165, 1.54) is 51.7 Å². The third-order valence-corrected chi connectivity index (χ3v) is 5.77. The van der Waals surface area contributed by atoms with Crippen molar-refractivity contribution in [3.05, 3.63) is 0 Å². The molecule has 0 radical (unpaired) electrons. The number of nitriles is 1. The van der Waals surface area contributed by atoms with Gasteiger partial charge in [-0.25, -0.2) is 0 Å². The first kappa shape index (κ1) is 15.8. The molecule has 3 atom stereocenters. The Balaban J connectivity index is 1.95. The van der Waals surface area contributed by atoms with Crippen LogP contribution in [0.15, 0.2) is 0 Å². The largest absolute Gasteiger partial charge is 0.303 e. The molecule has 0 spiro atoms. The minimum Gasteiger partial charge on any atom is -0.303 e. The molecule has 3 nitrogen and oxygen atoms in total. The number of hydrogen-bond acceptors (Lipinski definition) is 3. The summed E-state index contributed by atoms with van der Waals surface area (Å²) in [4.78, 5) is 5.12. The average Bonchev–Trinajstić information content (AvgIpc) is 2.53. The van der Waals surface area contributed by atoms with Crippen LogP contribution in [0.2, 0.25) is 0 Å². The zero-order valence-corrected chi connectivity index (χ0v) is 13.5. The van der Waals surface area contributed by atoms with Crippen LogP contribution in [0.4, 0.5) is 0 Å². The van der Waals surface area contributed by atoms with Gasteiger partial charge in [-0.05, 0) is 64.7 Å². The van der Waals surface area contributed by atoms with Crippen LogP contribution in [0.25, 0.3) is 0 Å². The van der Waals surface area contributed by atoms with Gasteiger partial charge in [0.15, 0.2) is 0 Å². The van der Waals surface area contributed by atoms with Gasteiger partial charge in [-0.2, -0.15) is 5.26 Å². The van der Waals surface area contributed by atoms with Gasteiger partial charge in [-0.1, -0.05) is 20.3 Å². The lowest BCUT2D eigenvalue weighted by Crippen LogP contribution is -2.50. The van der Waals surface area contributed by atoms with Crippen molar-refractivity contribution >= 4 is 0 Å². The minimum atomic E-state index is 0.256. The molecule has 0 aromatic carbocycles. The van der Waals surface area contributed by atoms with Gasteiger partial charge >= 0.3 is 0 Å². The van der Waals surface area contributed by atoms with E-state index in [1.54, 1.807) is 0 Å². The Morgan fingerprint density at radius 2 is 1.85 bits per heavy atom. The fourth-order valence-electron chi connectivity index (χ4n) is 4.12. The maximum atomic E-state index is 9.46. The number of likely N-dealkylation sites (tertiary alicyclic amines) is 1. The molecule has 2 rings (SSSR count). The van der Waals surface area contributed by atoms with Crippen LogP contribution in [0.5, 0.6) is 0 Å². The molecule has 0 N–H and O–H groups in total. The van der Waals surface area contributed by atoms with E-state index in [0.29, 0.717) is 12.1 Å². The second kappa shape index (κ2) is 7.43. The molecule has 0 bridgehead atoms. The van der Waals surface area contributed by atoms with E-state index < -0.39 is 0 Å². The summed E-state index contributed by atoms with van der Waals surface area (Å²) in [5.41, 5.74) is 0. The Morgan fingerprint density at radius 1 is 1.15 bits per heavy atom. The topological polar surface area (TPSA) is 30.3 Å². The number of hydrogen-bond donors (Lipinski definition) is 0. The van der Waals surface area contributed by atoms with Crippen LogP contribution < -0.4 is 0 Å². The fourth-order valence-corrected chi connectivity index (χ4v) is 4.12. The number of piperidine rings is 1. The van der Waals surface area contributed by atoms with Crippen molar-refractivity contribution in [1.29, 1.82) is 5.26 Å². The van der Waals surface area contributed by atoms with Gasteiger partial charge < -0.3 is 4.90 Å². The first-order valence-electron chi connectivity index (χ1n) is 8.53. The Hall–Kier alpha value is -0.590. The number of nitrogens with zero attached hydrogens (tertiary/aromatic N) is 3. The lowest BCUT2D eigenvalue weighted by Gasteiger charge is -2.44. The monoisotopic (exact) mass is 277 g/mol. The van der Waals surface area contributed by atoms with Gasteiger partial charge in [0.05, 0.1) is 12.0 Å². The van der Waals surface area contributed by atoms with Crippen molar-refractivity contribution in [3.8, 4) is 6.07 Å². The van der Waals surface area contributed by atoms with Gasteiger partial charge in [-0.15, -0.1) is 0 Å². The molecule has 0 aromatic heterocycles. The number of rotatable bonds is 4. The molecule has 3 heteroatoms. The summed E-state index contributed by atoms with van der Waals surface area (Å²) in [5, 5.41) is 9.46. The van der Waals surface area contributed by atoms with E-state index in [9.17, 15) is 5.26 Å². The molecule has 1 saturated heterocycles. The van der Waals surface area contributed by atoms with Crippen LogP contribution in [-0.4, -0.2) is 48.6 Å². The maximum absolute atomic E-state index is 9.46. The third kappa shape index (κ3) is 3.54. The molecule has 20 heavy (non-hydrogen) atoms. The van der Waals surface area contributed by atoms with Crippen LogP contribution >= 0.6 is 0 Å². The van der Waals surface area contributed by atoms with E-state index in [2.05, 4.69) is 36.8 Å². The lowest BCUT2D eigenvalue weighted by atomic mass is 9.76. The van der Waals surface area contributed by atoms with Gasteiger partial charge in [0.1, 0.15) is 0 Å². The molecule has 1 aliphatic heterocycles.